The van der Waals surface area contributed by atoms with E-state index in [-0.39, 0.29) is 0 Å². The van der Waals surface area contributed by atoms with Gasteiger partial charge in [0.15, 0.2) is 0 Å². The fourth-order valence-corrected chi connectivity index (χ4v) is 2.82. The van der Waals surface area contributed by atoms with Crippen LogP contribution in [0.25, 0.3) is 0 Å². The number of aromatic nitrogens is 1. The summed E-state index contributed by atoms with van der Waals surface area (Å²) in [5.74, 6) is 1.00. The Hall–Kier alpha value is -0.570. The second-order valence-corrected chi connectivity index (χ2v) is 5.43. The molecule has 1 aliphatic rings. The van der Waals surface area contributed by atoms with E-state index in [0.29, 0.717) is 0 Å². The van der Waals surface area contributed by atoms with Crippen molar-refractivity contribution in [3.05, 3.63) is 22.9 Å². The van der Waals surface area contributed by atoms with Gasteiger partial charge in [0, 0.05) is 18.9 Å². The Bertz CT molecular complexity index is 321. The lowest BCUT2D eigenvalue weighted by Crippen LogP contribution is -2.04. The third kappa shape index (κ3) is 3.48. The number of halogens is 1. The molecule has 0 saturated heterocycles. The molecule has 2 nitrogen and oxygen atoms in total. The number of anilines is 1. The minimum atomic E-state index is 1.00. The highest BCUT2D eigenvalue weighted by atomic mass is 79.9. The molecule has 0 bridgehead atoms. The van der Waals surface area contributed by atoms with Crippen molar-refractivity contribution in [2.45, 2.75) is 38.5 Å². The molecule has 0 amide bonds. The molecular weight excluding hydrogens is 264 g/mol. The van der Waals surface area contributed by atoms with E-state index in [4.69, 9.17) is 0 Å². The van der Waals surface area contributed by atoms with Crippen LogP contribution >= 0.6 is 15.9 Å². The van der Waals surface area contributed by atoms with Crippen molar-refractivity contribution in [3.63, 3.8) is 0 Å². The van der Waals surface area contributed by atoms with E-state index >= 15 is 0 Å². The van der Waals surface area contributed by atoms with E-state index < -0.39 is 0 Å². The molecule has 88 valence electrons. The minimum Gasteiger partial charge on any atom is -0.384 e. The first kappa shape index (κ1) is 11.9. The number of nitrogens with zero attached hydrogens (tertiary/aromatic N) is 1. The van der Waals surface area contributed by atoms with Gasteiger partial charge < -0.3 is 5.32 Å². The quantitative estimate of drug-likeness (QED) is 0.818. The Kier molecular flexibility index (Phi) is 4.64. The van der Waals surface area contributed by atoms with E-state index in [2.05, 4.69) is 26.2 Å². The first-order valence-corrected chi connectivity index (χ1v) is 6.99. The molecule has 1 aromatic rings. The highest BCUT2D eigenvalue weighted by molar-refractivity contribution is 9.10. The second kappa shape index (κ2) is 6.24. The van der Waals surface area contributed by atoms with Crippen molar-refractivity contribution in [2.75, 3.05) is 11.9 Å². The van der Waals surface area contributed by atoms with Gasteiger partial charge in [-0.3, -0.25) is 4.98 Å². The lowest BCUT2D eigenvalue weighted by atomic mass is 10.0. The molecule has 0 spiro atoms. The van der Waals surface area contributed by atoms with Gasteiger partial charge in [-0.05, 0) is 40.8 Å². The SMILES string of the molecule is Brc1cnccc1NCCCC1CCCC1. The first-order valence-electron chi connectivity index (χ1n) is 6.19. The third-order valence-corrected chi connectivity index (χ3v) is 3.98. The minimum absolute atomic E-state index is 1.00. The van der Waals surface area contributed by atoms with E-state index in [0.717, 1.165) is 22.6 Å². The van der Waals surface area contributed by atoms with Crippen LogP contribution in [0.4, 0.5) is 5.69 Å². The summed E-state index contributed by atoms with van der Waals surface area (Å²) in [6, 6.07) is 2.01. The summed E-state index contributed by atoms with van der Waals surface area (Å²) >= 11 is 3.49. The molecule has 0 unspecified atom stereocenters. The molecule has 1 saturated carbocycles. The van der Waals surface area contributed by atoms with Crippen molar-refractivity contribution in [1.29, 1.82) is 0 Å². The van der Waals surface area contributed by atoms with Gasteiger partial charge in [-0.15, -0.1) is 0 Å². The molecule has 1 fully saturated rings. The van der Waals surface area contributed by atoms with Crippen molar-refractivity contribution < 1.29 is 0 Å². The van der Waals surface area contributed by atoms with Crippen LogP contribution in [0.2, 0.25) is 0 Å². The van der Waals surface area contributed by atoms with Crippen LogP contribution in [0.5, 0.6) is 0 Å². The summed E-state index contributed by atoms with van der Waals surface area (Å²) in [7, 11) is 0. The Labute approximate surface area is 106 Å². The van der Waals surface area contributed by atoms with Crippen LogP contribution in [-0.2, 0) is 0 Å². The number of hydrogen-bond acceptors (Lipinski definition) is 2. The summed E-state index contributed by atoms with van der Waals surface area (Å²) in [6.45, 7) is 1.07. The predicted molar refractivity (Wildman–Crippen MR) is 71.6 cm³/mol. The average molecular weight is 283 g/mol. The Morgan fingerprint density at radius 1 is 1.38 bits per heavy atom. The summed E-state index contributed by atoms with van der Waals surface area (Å²) < 4.78 is 1.05. The molecular formula is C13H19BrN2. The fourth-order valence-electron chi connectivity index (χ4n) is 2.43. The van der Waals surface area contributed by atoms with Crippen molar-refractivity contribution in [2.24, 2.45) is 5.92 Å². The van der Waals surface area contributed by atoms with Gasteiger partial charge in [0.1, 0.15) is 0 Å². The van der Waals surface area contributed by atoms with Crippen LogP contribution in [0.15, 0.2) is 22.9 Å². The molecule has 1 heterocycles. The van der Waals surface area contributed by atoms with Crippen LogP contribution < -0.4 is 5.32 Å². The summed E-state index contributed by atoms with van der Waals surface area (Å²) in [4.78, 5) is 4.05. The van der Waals surface area contributed by atoms with Gasteiger partial charge in [-0.1, -0.05) is 25.7 Å². The molecule has 1 aliphatic carbocycles. The Morgan fingerprint density at radius 2 is 2.19 bits per heavy atom. The maximum Gasteiger partial charge on any atom is 0.0590 e. The largest absolute Gasteiger partial charge is 0.384 e. The van der Waals surface area contributed by atoms with E-state index in [1.807, 2.05) is 18.5 Å². The standard InChI is InChI=1S/C13H19BrN2/c14-12-10-15-9-7-13(12)16-8-3-6-11-4-1-2-5-11/h7,9-11H,1-6,8H2,(H,15,16). The molecule has 0 atom stereocenters. The molecule has 0 aliphatic heterocycles. The second-order valence-electron chi connectivity index (χ2n) is 4.58. The smallest absolute Gasteiger partial charge is 0.0590 e. The maximum absolute atomic E-state index is 4.05. The van der Waals surface area contributed by atoms with Crippen LogP contribution in [0.1, 0.15) is 38.5 Å². The zero-order chi connectivity index (χ0) is 11.2. The highest BCUT2D eigenvalue weighted by Crippen LogP contribution is 2.28. The monoisotopic (exact) mass is 282 g/mol. The summed E-state index contributed by atoms with van der Waals surface area (Å²) in [6.07, 6.45) is 12.1. The van der Waals surface area contributed by atoms with Crippen LogP contribution in [0.3, 0.4) is 0 Å². The van der Waals surface area contributed by atoms with Gasteiger partial charge in [0.2, 0.25) is 0 Å². The van der Waals surface area contributed by atoms with Crippen LogP contribution in [-0.4, -0.2) is 11.5 Å². The fraction of sp³-hybridized carbons (Fsp3) is 0.615. The molecule has 0 radical (unpaired) electrons. The predicted octanol–water partition coefficient (Wildman–Crippen LogP) is 4.23. The zero-order valence-electron chi connectivity index (χ0n) is 9.58. The van der Waals surface area contributed by atoms with Crippen LogP contribution in [0, 0.1) is 5.92 Å². The Balaban J connectivity index is 1.66. The van der Waals surface area contributed by atoms with Crippen molar-refractivity contribution >= 4 is 21.6 Å². The maximum atomic E-state index is 4.05. The molecule has 2 rings (SSSR count). The summed E-state index contributed by atoms with van der Waals surface area (Å²) in [5, 5.41) is 3.45. The van der Waals surface area contributed by atoms with E-state index in [1.165, 1.54) is 38.5 Å². The molecule has 3 heteroatoms. The van der Waals surface area contributed by atoms with Crippen molar-refractivity contribution in [3.8, 4) is 0 Å². The van der Waals surface area contributed by atoms with Gasteiger partial charge in [0.25, 0.3) is 0 Å². The Morgan fingerprint density at radius 3 is 2.94 bits per heavy atom. The van der Waals surface area contributed by atoms with Crippen molar-refractivity contribution in [1.82, 2.24) is 4.98 Å². The third-order valence-electron chi connectivity index (χ3n) is 3.35. The normalized spacial score (nSPS) is 16.6. The van der Waals surface area contributed by atoms with Gasteiger partial charge in [-0.25, -0.2) is 0 Å². The first-order chi connectivity index (χ1) is 7.86. The molecule has 0 aromatic carbocycles. The lowest BCUT2D eigenvalue weighted by Gasteiger charge is -2.10. The van der Waals surface area contributed by atoms with E-state index in [9.17, 15) is 0 Å². The van der Waals surface area contributed by atoms with E-state index in [1.54, 1.807) is 0 Å². The molecule has 1 N–H and O–H groups in total. The van der Waals surface area contributed by atoms with Gasteiger partial charge in [-0.2, -0.15) is 0 Å². The van der Waals surface area contributed by atoms with Gasteiger partial charge >= 0.3 is 0 Å². The topological polar surface area (TPSA) is 24.9 Å². The number of rotatable bonds is 5. The molecule has 1 aromatic heterocycles. The summed E-state index contributed by atoms with van der Waals surface area (Å²) in [5.41, 5.74) is 1.15. The molecule has 16 heavy (non-hydrogen) atoms. The number of hydrogen-bond donors (Lipinski definition) is 1. The van der Waals surface area contributed by atoms with Gasteiger partial charge in [0.05, 0.1) is 10.2 Å². The average Bonchev–Trinajstić information content (AvgIpc) is 2.79. The lowest BCUT2D eigenvalue weighted by molar-refractivity contribution is 0.491. The zero-order valence-corrected chi connectivity index (χ0v) is 11.2. The number of pyridine rings is 1. The number of nitrogens with one attached hydrogen (secondary N) is 1. The highest BCUT2D eigenvalue weighted by Gasteiger charge is 2.13.